The van der Waals surface area contributed by atoms with Gasteiger partial charge in [0.15, 0.2) is 0 Å². The normalized spacial score (nSPS) is 10.4. The lowest BCUT2D eigenvalue weighted by Crippen LogP contribution is -1.90. The average molecular weight is 213 g/mol. The molecule has 0 heterocycles. The van der Waals surface area contributed by atoms with Crippen molar-refractivity contribution < 1.29 is 14.6 Å². The minimum absolute atomic E-state index is 0.460. The Morgan fingerprint density at radius 2 is 2.29 bits per heavy atom. The van der Waals surface area contributed by atoms with Crippen molar-refractivity contribution >= 4 is 23.6 Å². The lowest BCUT2D eigenvalue weighted by atomic mass is 10.2. The third-order valence-electron chi connectivity index (χ3n) is 1.63. The zero-order valence-corrected chi connectivity index (χ0v) is 8.28. The number of ether oxygens (including phenoxy) is 1. The maximum absolute atomic E-state index is 10.3. The second-order valence-corrected chi connectivity index (χ2v) is 2.93. The van der Waals surface area contributed by atoms with E-state index in [1.165, 1.54) is 13.2 Å². The van der Waals surface area contributed by atoms with Crippen LogP contribution in [0, 0.1) is 0 Å². The summed E-state index contributed by atoms with van der Waals surface area (Å²) in [5.74, 6) is -0.470. The topological polar surface area (TPSA) is 46.5 Å². The van der Waals surface area contributed by atoms with Crippen LogP contribution in [0.2, 0.25) is 5.02 Å². The van der Waals surface area contributed by atoms with Crippen molar-refractivity contribution in [2.75, 3.05) is 7.11 Å². The number of carbonyl (C=O) groups is 1. The highest BCUT2D eigenvalue weighted by Crippen LogP contribution is 2.27. The summed E-state index contributed by atoms with van der Waals surface area (Å²) in [5.41, 5.74) is 0.569. The molecular formula is C10H9ClO3. The summed E-state index contributed by atoms with van der Waals surface area (Å²) >= 11 is 5.87. The van der Waals surface area contributed by atoms with Gasteiger partial charge in [0, 0.05) is 11.6 Å². The summed E-state index contributed by atoms with van der Waals surface area (Å²) in [6.07, 6.45) is 2.42. The van der Waals surface area contributed by atoms with Gasteiger partial charge >= 0.3 is 5.97 Å². The van der Waals surface area contributed by atoms with Gasteiger partial charge in [-0.25, -0.2) is 4.79 Å². The molecule has 1 rings (SSSR count). The molecule has 3 nitrogen and oxygen atoms in total. The molecule has 0 aliphatic heterocycles. The predicted molar refractivity (Wildman–Crippen MR) is 54.7 cm³/mol. The Bertz CT molecular complexity index is 372. The molecule has 0 atom stereocenters. The third kappa shape index (κ3) is 2.50. The highest BCUT2D eigenvalue weighted by molar-refractivity contribution is 6.32. The van der Waals surface area contributed by atoms with Gasteiger partial charge in [-0.1, -0.05) is 17.7 Å². The van der Waals surface area contributed by atoms with E-state index in [0.29, 0.717) is 16.3 Å². The van der Waals surface area contributed by atoms with Crippen LogP contribution >= 0.6 is 11.6 Å². The fourth-order valence-electron chi connectivity index (χ4n) is 1.01. The number of carboxylic acids is 1. The quantitative estimate of drug-likeness (QED) is 0.783. The molecular weight excluding hydrogens is 204 g/mol. The molecule has 1 aromatic rings. The molecule has 4 heteroatoms. The number of hydrogen-bond acceptors (Lipinski definition) is 2. The number of benzene rings is 1. The van der Waals surface area contributed by atoms with Gasteiger partial charge in [-0.05, 0) is 18.2 Å². The molecule has 1 N–H and O–H groups in total. The maximum Gasteiger partial charge on any atom is 0.328 e. The maximum atomic E-state index is 10.3. The summed E-state index contributed by atoms with van der Waals surface area (Å²) in [4.78, 5) is 10.3. The lowest BCUT2D eigenvalue weighted by molar-refractivity contribution is -0.131. The Kier molecular flexibility index (Phi) is 3.54. The van der Waals surface area contributed by atoms with E-state index in [4.69, 9.17) is 21.4 Å². The third-order valence-corrected chi connectivity index (χ3v) is 1.95. The van der Waals surface area contributed by atoms with Crippen LogP contribution in [0.4, 0.5) is 0 Å². The average Bonchev–Trinajstić information content (AvgIpc) is 2.15. The number of halogens is 1. The number of rotatable bonds is 3. The molecule has 0 saturated carbocycles. The largest absolute Gasteiger partial charge is 0.496 e. The molecule has 0 spiro atoms. The lowest BCUT2D eigenvalue weighted by Gasteiger charge is -2.05. The van der Waals surface area contributed by atoms with Crippen LogP contribution < -0.4 is 4.74 Å². The monoisotopic (exact) mass is 212 g/mol. The summed E-state index contributed by atoms with van der Waals surface area (Å²) in [6, 6.07) is 5.12. The van der Waals surface area contributed by atoms with Crippen LogP contribution in [0.15, 0.2) is 24.3 Å². The Morgan fingerprint density at radius 3 is 2.86 bits per heavy atom. The van der Waals surface area contributed by atoms with Crippen molar-refractivity contribution in [3.05, 3.63) is 34.9 Å². The van der Waals surface area contributed by atoms with Gasteiger partial charge in [-0.3, -0.25) is 0 Å². The Hall–Kier alpha value is -1.48. The predicted octanol–water partition coefficient (Wildman–Crippen LogP) is 2.45. The zero-order chi connectivity index (χ0) is 10.6. The van der Waals surface area contributed by atoms with E-state index in [-0.39, 0.29) is 0 Å². The van der Waals surface area contributed by atoms with E-state index in [1.54, 1.807) is 18.2 Å². The highest BCUT2D eigenvalue weighted by Gasteiger charge is 2.03. The van der Waals surface area contributed by atoms with Gasteiger partial charge in [0.2, 0.25) is 0 Å². The van der Waals surface area contributed by atoms with Gasteiger partial charge in [0.25, 0.3) is 0 Å². The smallest absolute Gasteiger partial charge is 0.328 e. The molecule has 14 heavy (non-hydrogen) atoms. The molecule has 0 bridgehead atoms. The first-order valence-electron chi connectivity index (χ1n) is 3.88. The molecule has 0 aliphatic rings. The molecule has 1 aromatic carbocycles. The van der Waals surface area contributed by atoms with Crippen LogP contribution in [-0.2, 0) is 4.79 Å². The zero-order valence-electron chi connectivity index (χ0n) is 7.53. The summed E-state index contributed by atoms with van der Waals surface area (Å²) < 4.78 is 5.03. The van der Waals surface area contributed by atoms with E-state index in [1.807, 2.05) is 0 Å². The van der Waals surface area contributed by atoms with Gasteiger partial charge in [-0.15, -0.1) is 0 Å². The van der Waals surface area contributed by atoms with E-state index < -0.39 is 5.97 Å². The second kappa shape index (κ2) is 4.67. The van der Waals surface area contributed by atoms with Crippen LogP contribution in [0.5, 0.6) is 5.75 Å². The Morgan fingerprint density at radius 1 is 1.57 bits per heavy atom. The van der Waals surface area contributed by atoms with Crippen LogP contribution in [0.3, 0.4) is 0 Å². The van der Waals surface area contributed by atoms with Gasteiger partial charge in [0.05, 0.1) is 12.1 Å². The van der Waals surface area contributed by atoms with Gasteiger partial charge in [0.1, 0.15) is 5.75 Å². The molecule has 0 unspecified atom stereocenters. The molecule has 0 radical (unpaired) electrons. The minimum Gasteiger partial charge on any atom is -0.496 e. The molecule has 0 amide bonds. The fraction of sp³-hybridized carbons (Fsp3) is 0.100. The number of carboxylic acid groups (broad SMARTS) is 1. The summed E-state index contributed by atoms with van der Waals surface area (Å²) in [7, 11) is 1.50. The number of hydrogen-bond donors (Lipinski definition) is 1. The van der Waals surface area contributed by atoms with E-state index >= 15 is 0 Å². The molecule has 74 valence electrons. The SMILES string of the molecule is COc1cccc(Cl)c1/C=C\C(=O)O. The minimum atomic E-state index is -1.02. The Labute approximate surface area is 86.6 Å². The van der Waals surface area contributed by atoms with E-state index in [2.05, 4.69) is 0 Å². The molecule has 0 aliphatic carbocycles. The summed E-state index contributed by atoms with van der Waals surface area (Å²) in [5, 5.41) is 8.92. The van der Waals surface area contributed by atoms with Crippen molar-refractivity contribution in [1.82, 2.24) is 0 Å². The molecule has 0 saturated heterocycles. The number of methoxy groups -OCH3 is 1. The Balaban J connectivity index is 3.11. The van der Waals surface area contributed by atoms with E-state index in [0.717, 1.165) is 6.08 Å². The fourth-order valence-corrected chi connectivity index (χ4v) is 1.24. The highest BCUT2D eigenvalue weighted by atomic mass is 35.5. The van der Waals surface area contributed by atoms with Crippen LogP contribution in [0.25, 0.3) is 6.08 Å². The summed E-state index contributed by atoms with van der Waals surface area (Å²) in [6.45, 7) is 0. The first-order chi connectivity index (χ1) is 6.65. The second-order valence-electron chi connectivity index (χ2n) is 2.53. The van der Waals surface area contributed by atoms with Gasteiger partial charge < -0.3 is 9.84 Å². The van der Waals surface area contributed by atoms with Crippen molar-refractivity contribution in [2.24, 2.45) is 0 Å². The van der Waals surface area contributed by atoms with Gasteiger partial charge in [-0.2, -0.15) is 0 Å². The van der Waals surface area contributed by atoms with Crippen LogP contribution in [0.1, 0.15) is 5.56 Å². The molecule has 0 aromatic heterocycles. The van der Waals surface area contributed by atoms with Crippen molar-refractivity contribution in [2.45, 2.75) is 0 Å². The van der Waals surface area contributed by atoms with Crippen molar-refractivity contribution in [3.8, 4) is 5.75 Å². The van der Waals surface area contributed by atoms with E-state index in [9.17, 15) is 4.79 Å². The standard InChI is InChI=1S/C10H9ClO3/c1-14-9-4-2-3-8(11)7(9)5-6-10(12)13/h2-6H,1H3,(H,12,13)/b6-5-. The number of aliphatic carboxylic acids is 1. The first-order valence-corrected chi connectivity index (χ1v) is 4.26. The first kappa shape index (κ1) is 10.6. The van der Waals surface area contributed by atoms with Crippen LogP contribution in [-0.4, -0.2) is 18.2 Å². The molecule has 0 fully saturated rings. The van der Waals surface area contributed by atoms with Crippen molar-refractivity contribution in [3.63, 3.8) is 0 Å². The van der Waals surface area contributed by atoms with Crippen molar-refractivity contribution in [1.29, 1.82) is 0 Å².